The second-order valence-electron chi connectivity index (χ2n) is 7.59. The van der Waals surface area contributed by atoms with Crippen LogP contribution in [0.15, 0.2) is 54.6 Å². The van der Waals surface area contributed by atoms with E-state index in [1.54, 1.807) is 0 Å². The van der Waals surface area contributed by atoms with E-state index < -0.39 is 0 Å². The van der Waals surface area contributed by atoms with Crippen LogP contribution in [-0.2, 0) is 0 Å². The van der Waals surface area contributed by atoms with E-state index in [-0.39, 0.29) is 5.91 Å². The molecule has 3 rings (SSSR count). The highest BCUT2D eigenvalue weighted by Gasteiger charge is 2.27. The molecule has 0 bridgehead atoms. The van der Waals surface area contributed by atoms with Crippen molar-refractivity contribution in [2.24, 2.45) is 0 Å². The molecule has 2 aromatic carbocycles. The van der Waals surface area contributed by atoms with Crippen molar-refractivity contribution in [1.29, 1.82) is 0 Å². The van der Waals surface area contributed by atoms with Crippen LogP contribution in [0.25, 0.3) is 0 Å². The maximum atomic E-state index is 12.6. The molecule has 4 nitrogen and oxygen atoms in total. The molecule has 0 spiro atoms. The quantitative estimate of drug-likeness (QED) is 0.681. The Hall–Kier alpha value is -2.33. The number of hydrogen-bond donors (Lipinski definition) is 0. The predicted octanol–water partition coefficient (Wildman–Crippen LogP) is 4.39. The summed E-state index contributed by atoms with van der Waals surface area (Å²) in [4.78, 5) is 17.2. The van der Waals surface area contributed by atoms with E-state index in [0.29, 0.717) is 12.6 Å². The minimum atomic E-state index is 0.156. The first-order valence-corrected chi connectivity index (χ1v) is 10.4. The van der Waals surface area contributed by atoms with E-state index in [0.717, 1.165) is 56.8 Å². The van der Waals surface area contributed by atoms with E-state index in [2.05, 4.69) is 30.9 Å². The lowest BCUT2D eigenvalue weighted by molar-refractivity contribution is 0.0597. The molecule has 4 heteroatoms. The average Bonchev–Trinajstić information content (AvgIpc) is 2.75. The van der Waals surface area contributed by atoms with Gasteiger partial charge in [-0.3, -0.25) is 9.69 Å². The Morgan fingerprint density at radius 3 is 2.36 bits per heavy atom. The third-order valence-electron chi connectivity index (χ3n) is 5.47. The molecule has 1 heterocycles. The number of nitrogens with zero attached hydrogens (tertiary/aromatic N) is 2. The Bertz CT molecular complexity index is 722. The SMILES string of the molecule is CCCN(CCOc1ccc(C)cc1)C1CCN(C(=O)c2ccccc2)CC1. The molecule has 1 saturated heterocycles. The summed E-state index contributed by atoms with van der Waals surface area (Å²) in [5.41, 5.74) is 2.04. The number of carbonyl (C=O) groups excluding carboxylic acids is 1. The molecule has 1 fully saturated rings. The summed E-state index contributed by atoms with van der Waals surface area (Å²) in [5.74, 6) is 1.09. The average molecular weight is 381 g/mol. The normalized spacial score (nSPS) is 15.0. The molecule has 0 atom stereocenters. The maximum absolute atomic E-state index is 12.6. The molecule has 0 saturated carbocycles. The Labute approximate surface area is 169 Å². The van der Waals surface area contributed by atoms with Gasteiger partial charge in [-0.1, -0.05) is 42.8 Å². The second-order valence-corrected chi connectivity index (χ2v) is 7.59. The molecule has 1 amide bonds. The largest absolute Gasteiger partial charge is 0.492 e. The van der Waals surface area contributed by atoms with Gasteiger partial charge in [0.2, 0.25) is 0 Å². The molecule has 0 radical (unpaired) electrons. The topological polar surface area (TPSA) is 32.8 Å². The minimum Gasteiger partial charge on any atom is -0.492 e. The summed E-state index contributed by atoms with van der Waals surface area (Å²) in [6.45, 7) is 8.68. The fourth-order valence-corrected chi connectivity index (χ4v) is 3.88. The number of benzene rings is 2. The van der Waals surface area contributed by atoms with E-state index in [1.807, 2.05) is 47.4 Å². The van der Waals surface area contributed by atoms with Crippen molar-refractivity contribution in [3.63, 3.8) is 0 Å². The van der Waals surface area contributed by atoms with Crippen LogP contribution < -0.4 is 4.74 Å². The molecule has 0 aliphatic carbocycles. The summed E-state index contributed by atoms with van der Waals surface area (Å²) in [7, 11) is 0. The lowest BCUT2D eigenvalue weighted by atomic mass is 10.0. The van der Waals surface area contributed by atoms with Gasteiger partial charge in [-0.25, -0.2) is 0 Å². The van der Waals surface area contributed by atoms with Crippen LogP contribution in [0.2, 0.25) is 0 Å². The van der Waals surface area contributed by atoms with Crippen molar-refractivity contribution in [3.05, 3.63) is 65.7 Å². The lowest BCUT2D eigenvalue weighted by Gasteiger charge is -2.38. The fourth-order valence-electron chi connectivity index (χ4n) is 3.88. The highest BCUT2D eigenvalue weighted by Crippen LogP contribution is 2.19. The predicted molar refractivity (Wildman–Crippen MR) is 114 cm³/mol. The van der Waals surface area contributed by atoms with Crippen LogP contribution in [0.3, 0.4) is 0 Å². The van der Waals surface area contributed by atoms with Crippen LogP contribution in [-0.4, -0.2) is 54.5 Å². The van der Waals surface area contributed by atoms with E-state index in [9.17, 15) is 4.79 Å². The van der Waals surface area contributed by atoms with Gasteiger partial charge in [-0.15, -0.1) is 0 Å². The number of piperidine rings is 1. The zero-order valence-electron chi connectivity index (χ0n) is 17.1. The van der Waals surface area contributed by atoms with Crippen molar-refractivity contribution in [2.75, 3.05) is 32.8 Å². The Morgan fingerprint density at radius 2 is 1.71 bits per heavy atom. The van der Waals surface area contributed by atoms with Gasteiger partial charge in [0.15, 0.2) is 0 Å². The zero-order valence-corrected chi connectivity index (χ0v) is 17.1. The molecule has 1 aliphatic rings. The van der Waals surface area contributed by atoms with Gasteiger partial charge in [0.25, 0.3) is 5.91 Å². The van der Waals surface area contributed by atoms with Gasteiger partial charge in [0.1, 0.15) is 12.4 Å². The Morgan fingerprint density at radius 1 is 1.04 bits per heavy atom. The smallest absolute Gasteiger partial charge is 0.253 e. The number of rotatable bonds is 8. The van der Waals surface area contributed by atoms with Crippen LogP contribution in [0, 0.1) is 6.92 Å². The first kappa shape index (κ1) is 20.4. The summed E-state index contributed by atoms with van der Waals surface area (Å²) >= 11 is 0. The number of aryl methyl sites for hydroxylation is 1. The van der Waals surface area contributed by atoms with Gasteiger partial charge >= 0.3 is 0 Å². The van der Waals surface area contributed by atoms with Gasteiger partial charge in [-0.05, 0) is 57.0 Å². The summed E-state index contributed by atoms with van der Waals surface area (Å²) < 4.78 is 5.94. The molecule has 2 aromatic rings. The molecule has 28 heavy (non-hydrogen) atoms. The van der Waals surface area contributed by atoms with Crippen molar-refractivity contribution < 1.29 is 9.53 Å². The number of carbonyl (C=O) groups is 1. The van der Waals surface area contributed by atoms with Crippen LogP contribution in [0.1, 0.15) is 42.1 Å². The van der Waals surface area contributed by atoms with Crippen molar-refractivity contribution in [2.45, 2.75) is 39.2 Å². The van der Waals surface area contributed by atoms with Crippen molar-refractivity contribution in [1.82, 2.24) is 9.80 Å². The molecular weight excluding hydrogens is 348 g/mol. The summed E-state index contributed by atoms with van der Waals surface area (Å²) in [6, 6.07) is 18.4. The molecule has 0 unspecified atom stereocenters. The monoisotopic (exact) mass is 380 g/mol. The first-order valence-electron chi connectivity index (χ1n) is 10.4. The third kappa shape index (κ3) is 5.59. The Kier molecular flexibility index (Phi) is 7.49. The molecule has 0 aromatic heterocycles. The first-order chi connectivity index (χ1) is 13.7. The number of hydrogen-bond acceptors (Lipinski definition) is 3. The number of amides is 1. The number of ether oxygens (including phenoxy) is 1. The highest BCUT2D eigenvalue weighted by molar-refractivity contribution is 5.94. The fraction of sp³-hybridized carbons (Fsp3) is 0.458. The summed E-state index contributed by atoms with van der Waals surface area (Å²) in [6.07, 6.45) is 3.19. The summed E-state index contributed by atoms with van der Waals surface area (Å²) in [5, 5.41) is 0. The van der Waals surface area contributed by atoms with E-state index in [4.69, 9.17) is 4.74 Å². The van der Waals surface area contributed by atoms with Crippen LogP contribution in [0.5, 0.6) is 5.75 Å². The maximum Gasteiger partial charge on any atom is 0.253 e. The van der Waals surface area contributed by atoms with Crippen molar-refractivity contribution >= 4 is 5.91 Å². The standard InChI is InChI=1S/C24H32N2O2/c1-3-15-25(18-19-28-23-11-9-20(2)10-12-23)22-13-16-26(17-14-22)24(27)21-7-5-4-6-8-21/h4-12,22H,3,13-19H2,1-2H3. The van der Waals surface area contributed by atoms with Gasteiger partial charge < -0.3 is 9.64 Å². The zero-order chi connectivity index (χ0) is 19.8. The molecular formula is C24H32N2O2. The van der Waals surface area contributed by atoms with E-state index >= 15 is 0 Å². The van der Waals surface area contributed by atoms with Gasteiger partial charge in [-0.2, -0.15) is 0 Å². The minimum absolute atomic E-state index is 0.156. The molecule has 150 valence electrons. The van der Waals surface area contributed by atoms with E-state index in [1.165, 1.54) is 5.56 Å². The Balaban J connectivity index is 1.48. The van der Waals surface area contributed by atoms with Crippen molar-refractivity contribution in [3.8, 4) is 5.75 Å². The number of likely N-dealkylation sites (tertiary alicyclic amines) is 1. The molecule has 0 N–H and O–H groups in total. The second kappa shape index (κ2) is 10.3. The molecule has 1 aliphatic heterocycles. The highest BCUT2D eigenvalue weighted by atomic mass is 16.5. The van der Waals surface area contributed by atoms with Gasteiger partial charge in [0, 0.05) is 31.2 Å². The van der Waals surface area contributed by atoms with Crippen LogP contribution in [0.4, 0.5) is 0 Å². The third-order valence-corrected chi connectivity index (χ3v) is 5.47. The lowest BCUT2D eigenvalue weighted by Crippen LogP contribution is -2.48. The van der Waals surface area contributed by atoms with Gasteiger partial charge in [0.05, 0.1) is 0 Å². The van der Waals surface area contributed by atoms with Crippen LogP contribution >= 0.6 is 0 Å².